The Morgan fingerprint density at radius 2 is 1.88 bits per heavy atom. The van der Waals surface area contributed by atoms with Crippen molar-refractivity contribution in [2.75, 3.05) is 38.3 Å². The first-order chi connectivity index (χ1) is 16.5. The number of aliphatic hydroxyl groups excluding tert-OH is 1. The van der Waals surface area contributed by atoms with Crippen molar-refractivity contribution in [3.8, 4) is 17.0 Å². The molecular formula is C24H21ClFN5O3. The van der Waals surface area contributed by atoms with Gasteiger partial charge in [-0.25, -0.2) is 4.39 Å². The third-order valence-corrected chi connectivity index (χ3v) is 6.15. The van der Waals surface area contributed by atoms with E-state index in [1.165, 1.54) is 25.4 Å². The smallest absolute Gasteiger partial charge is 0.233 e. The van der Waals surface area contributed by atoms with Gasteiger partial charge in [-0.3, -0.25) is 0 Å². The number of fused-ring (bicyclic) bond motifs is 1. The molecule has 10 heteroatoms. The molecule has 0 bridgehead atoms. The lowest BCUT2D eigenvalue weighted by Crippen LogP contribution is -2.36. The number of morpholine rings is 1. The van der Waals surface area contributed by atoms with E-state index in [1.54, 1.807) is 12.1 Å². The van der Waals surface area contributed by atoms with Crippen LogP contribution in [0.3, 0.4) is 0 Å². The van der Waals surface area contributed by atoms with Crippen LogP contribution in [0.5, 0.6) is 5.88 Å². The fourth-order valence-corrected chi connectivity index (χ4v) is 4.26. The standard InChI is InChI=1S/C24H21ClFN5O3/c1-33-23-5-4-21(29-30-23)24(32)17-11-16(20(26)12-19(17)25)18-13-27-28-22-10-14(2-3-15(18)22)31-6-8-34-9-7-31/h2-5,10-13,24,32H,6-9H2,1H3. The van der Waals surface area contributed by atoms with E-state index in [2.05, 4.69) is 25.3 Å². The van der Waals surface area contributed by atoms with Crippen molar-refractivity contribution < 1.29 is 19.0 Å². The van der Waals surface area contributed by atoms with E-state index in [-0.39, 0.29) is 16.3 Å². The largest absolute Gasteiger partial charge is 0.480 e. The fraction of sp³-hybridized carbons (Fsp3) is 0.250. The van der Waals surface area contributed by atoms with Crippen molar-refractivity contribution in [1.82, 2.24) is 20.4 Å². The average molecular weight is 482 g/mol. The maximum Gasteiger partial charge on any atom is 0.233 e. The van der Waals surface area contributed by atoms with Gasteiger partial charge in [-0.2, -0.15) is 10.2 Å². The van der Waals surface area contributed by atoms with E-state index >= 15 is 4.39 Å². The summed E-state index contributed by atoms with van der Waals surface area (Å²) >= 11 is 6.30. The van der Waals surface area contributed by atoms with Gasteiger partial charge in [0.2, 0.25) is 5.88 Å². The fourth-order valence-electron chi connectivity index (χ4n) is 4.01. The summed E-state index contributed by atoms with van der Waals surface area (Å²) in [6, 6.07) is 11.7. The summed E-state index contributed by atoms with van der Waals surface area (Å²) in [6.07, 6.45) is 0.297. The molecule has 0 amide bonds. The van der Waals surface area contributed by atoms with Crippen LogP contribution in [0.15, 0.2) is 48.7 Å². The molecule has 1 N–H and O–H groups in total. The highest BCUT2D eigenvalue weighted by molar-refractivity contribution is 6.31. The van der Waals surface area contributed by atoms with Crippen molar-refractivity contribution in [3.63, 3.8) is 0 Å². The van der Waals surface area contributed by atoms with Gasteiger partial charge < -0.3 is 19.5 Å². The average Bonchev–Trinajstić information content (AvgIpc) is 2.88. The van der Waals surface area contributed by atoms with Crippen molar-refractivity contribution in [2.24, 2.45) is 0 Å². The summed E-state index contributed by atoms with van der Waals surface area (Å²) in [5, 5.41) is 27.9. The predicted molar refractivity (Wildman–Crippen MR) is 126 cm³/mol. The van der Waals surface area contributed by atoms with E-state index in [4.69, 9.17) is 21.1 Å². The highest BCUT2D eigenvalue weighted by Gasteiger charge is 2.21. The van der Waals surface area contributed by atoms with Gasteiger partial charge in [0.25, 0.3) is 0 Å². The molecule has 0 radical (unpaired) electrons. The van der Waals surface area contributed by atoms with Gasteiger partial charge in [-0.1, -0.05) is 11.6 Å². The molecule has 34 heavy (non-hydrogen) atoms. The van der Waals surface area contributed by atoms with Crippen LogP contribution >= 0.6 is 11.6 Å². The third-order valence-electron chi connectivity index (χ3n) is 5.82. The Labute approximate surface area is 199 Å². The van der Waals surface area contributed by atoms with Gasteiger partial charge in [0, 0.05) is 51.9 Å². The monoisotopic (exact) mass is 481 g/mol. The van der Waals surface area contributed by atoms with Crippen LogP contribution < -0.4 is 9.64 Å². The lowest BCUT2D eigenvalue weighted by Gasteiger charge is -2.29. The molecule has 5 rings (SSSR count). The number of rotatable bonds is 5. The number of aliphatic hydroxyl groups is 1. The topological polar surface area (TPSA) is 93.5 Å². The molecule has 1 unspecified atom stereocenters. The molecule has 0 spiro atoms. The predicted octanol–water partition coefficient (Wildman–Crippen LogP) is 3.81. The van der Waals surface area contributed by atoms with Crippen molar-refractivity contribution in [3.05, 3.63) is 70.8 Å². The van der Waals surface area contributed by atoms with Crippen LogP contribution in [0, 0.1) is 5.82 Å². The summed E-state index contributed by atoms with van der Waals surface area (Å²) in [5.41, 5.74) is 2.99. The first kappa shape index (κ1) is 22.4. The van der Waals surface area contributed by atoms with Crippen LogP contribution in [0.4, 0.5) is 10.1 Å². The van der Waals surface area contributed by atoms with Gasteiger partial charge in [0.15, 0.2) is 0 Å². The second-order valence-electron chi connectivity index (χ2n) is 7.82. The number of halogens is 2. The van der Waals surface area contributed by atoms with Gasteiger partial charge >= 0.3 is 0 Å². The number of hydrogen-bond acceptors (Lipinski definition) is 8. The van der Waals surface area contributed by atoms with E-state index < -0.39 is 11.9 Å². The lowest BCUT2D eigenvalue weighted by atomic mass is 9.97. The highest BCUT2D eigenvalue weighted by atomic mass is 35.5. The second kappa shape index (κ2) is 9.46. The molecule has 2 aromatic carbocycles. The minimum Gasteiger partial charge on any atom is -0.480 e. The van der Waals surface area contributed by atoms with E-state index in [1.807, 2.05) is 18.2 Å². The van der Waals surface area contributed by atoms with Gasteiger partial charge in [-0.05, 0) is 36.4 Å². The number of anilines is 1. The molecule has 1 fully saturated rings. The van der Waals surface area contributed by atoms with Crippen LogP contribution in [0.1, 0.15) is 17.4 Å². The molecule has 174 valence electrons. The Hall–Kier alpha value is -3.40. The number of ether oxygens (including phenoxy) is 2. The molecule has 4 aromatic rings. The Bertz CT molecular complexity index is 1330. The maximum absolute atomic E-state index is 15.1. The first-order valence-corrected chi connectivity index (χ1v) is 11.1. The zero-order valence-electron chi connectivity index (χ0n) is 18.3. The zero-order chi connectivity index (χ0) is 23.7. The Balaban J connectivity index is 1.55. The molecule has 2 aromatic heterocycles. The molecule has 1 aliphatic heterocycles. The van der Waals surface area contributed by atoms with Crippen LogP contribution in [0.25, 0.3) is 22.0 Å². The van der Waals surface area contributed by atoms with Crippen LogP contribution in [-0.4, -0.2) is 58.9 Å². The van der Waals surface area contributed by atoms with Crippen molar-refractivity contribution in [2.45, 2.75) is 6.10 Å². The Kier molecular flexibility index (Phi) is 6.23. The Morgan fingerprint density at radius 3 is 2.62 bits per heavy atom. The van der Waals surface area contributed by atoms with Gasteiger partial charge in [-0.15, -0.1) is 10.2 Å². The number of methoxy groups -OCH3 is 1. The molecule has 0 saturated carbocycles. The van der Waals surface area contributed by atoms with E-state index in [0.29, 0.717) is 35.7 Å². The summed E-state index contributed by atoms with van der Waals surface area (Å²) in [6.45, 7) is 2.92. The van der Waals surface area contributed by atoms with Gasteiger partial charge in [0.05, 0.1) is 37.7 Å². The normalized spacial score (nSPS) is 14.9. The first-order valence-electron chi connectivity index (χ1n) is 10.7. The summed E-state index contributed by atoms with van der Waals surface area (Å²) in [7, 11) is 1.47. The Morgan fingerprint density at radius 1 is 1.06 bits per heavy atom. The maximum atomic E-state index is 15.1. The number of nitrogens with zero attached hydrogens (tertiary/aromatic N) is 5. The van der Waals surface area contributed by atoms with Crippen LogP contribution in [0.2, 0.25) is 5.02 Å². The summed E-state index contributed by atoms with van der Waals surface area (Å²) < 4.78 is 25.5. The van der Waals surface area contributed by atoms with E-state index in [0.717, 1.165) is 24.2 Å². The number of benzene rings is 2. The number of hydrogen-bond donors (Lipinski definition) is 1. The molecule has 1 aliphatic rings. The van der Waals surface area contributed by atoms with E-state index in [9.17, 15) is 5.11 Å². The molecule has 3 heterocycles. The minimum atomic E-state index is -1.21. The quantitative estimate of drug-likeness (QED) is 0.460. The van der Waals surface area contributed by atoms with Crippen molar-refractivity contribution >= 4 is 28.2 Å². The summed E-state index contributed by atoms with van der Waals surface area (Å²) in [5.74, 6) is -0.221. The zero-order valence-corrected chi connectivity index (χ0v) is 19.0. The SMILES string of the molecule is COc1ccc(C(O)c2cc(-c3cnnc4cc(N5CCOCC5)ccc34)c(F)cc2Cl)nn1. The van der Waals surface area contributed by atoms with Crippen LogP contribution in [-0.2, 0) is 4.74 Å². The number of aromatic nitrogens is 4. The minimum absolute atomic E-state index is 0.0762. The lowest BCUT2D eigenvalue weighted by molar-refractivity contribution is 0.122. The molecule has 8 nitrogen and oxygen atoms in total. The molecule has 1 atom stereocenters. The second-order valence-corrected chi connectivity index (χ2v) is 8.22. The molecular weight excluding hydrogens is 461 g/mol. The molecule has 1 saturated heterocycles. The highest BCUT2D eigenvalue weighted by Crippen LogP contribution is 2.36. The van der Waals surface area contributed by atoms with Crippen molar-refractivity contribution in [1.29, 1.82) is 0 Å². The molecule has 0 aliphatic carbocycles. The van der Waals surface area contributed by atoms with Gasteiger partial charge in [0.1, 0.15) is 11.9 Å². The summed E-state index contributed by atoms with van der Waals surface area (Å²) in [4.78, 5) is 2.21. The third kappa shape index (κ3) is 4.25.